The molecule has 1 saturated carbocycles. The summed E-state index contributed by atoms with van der Waals surface area (Å²) in [5.74, 6) is 1.45. The molecule has 0 aromatic rings. The van der Waals surface area contributed by atoms with Crippen molar-refractivity contribution in [3.05, 3.63) is 84.2 Å². The molecule has 39 heavy (non-hydrogen) atoms. The number of allylic oxidation sites excluding steroid dienone is 11. The molecule has 4 rings (SSSR count). The maximum atomic E-state index is 11.4. The van der Waals surface area contributed by atoms with Crippen LogP contribution in [-0.2, 0) is 0 Å². The minimum absolute atomic E-state index is 0.0246. The Kier molecular flexibility index (Phi) is 10.8. The van der Waals surface area contributed by atoms with E-state index >= 15 is 0 Å². The molecule has 4 aliphatic carbocycles. The molecule has 2 heteroatoms. The molecule has 0 aromatic heterocycles. The number of hydrogen-bond donors (Lipinski definition) is 2. The summed E-state index contributed by atoms with van der Waals surface area (Å²) in [6.07, 6.45) is 37.9. The number of rotatable bonds is 14. The molecule has 0 aromatic carbocycles. The normalized spacial score (nSPS) is 31.3. The van der Waals surface area contributed by atoms with Crippen LogP contribution in [0, 0.1) is 28.6 Å². The molecule has 0 amide bonds. The number of aliphatic hydroxyl groups excluding tert-OH is 1. The Morgan fingerprint density at radius 2 is 1.97 bits per heavy atom. The maximum absolute atomic E-state index is 11.4. The lowest BCUT2D eigenvalue weighted by Crippen LogP contribution is -2.52. The minimum Gasteiger partial charge on any atom is -0.393 e. The number of unbranched alkanes of at least 4 members (excludes halogenated alkanes) is 1. The van der Waals surface area contributed by atoms with E-state index in [1.54, 1.807) is 0 Å². The number of aliphatic hydroxyl groups is 1. The molecule has 5 unspecified atom stereocenters. The Bertz CT molecular complexity index is 1010. The topological polar surface area (TPSA) is 32.3 Å². The third-order valence-corrected chi connectivity index (χ3v) is 10.3. The molecule has 0 spiro atoms. The predicted molar refractivity (Wildman–Crippen MR) is 168 cm³/mol. The Hall–Kier alpha value is -2.06. The van der Waals surface area contributed by atoms with Gasteiger partial charge in [0.15, 0.2) is 0 Å². The van der Waals surface area contributed by atoms with Gasteiger partial charge < -0.3 is 10.4 Å². The zero-order valence-corrected chi connectivity index (χ0v) is 25.1. The summed E-state index contributed by atoms with van der Waals surface area (Å²) in [5, 5.41) is 15.1. The van der Waals surface area contributed by atoms with Gasteiger partial charge in [-0.15, -0.1) is 0 Å². The molecule has 0 saturated heterocycles. The van der Waals surface area contributed by atoms with Crippen LogP contribution >= 0.6 is 0 Å². The lowest BCUT2D eigenvalue weighted by Gasteiger charge is -2.55. The summed E-state index contributed by atoms with van der Waals surface area (Å²) in [6.45, 7) is 12.6. The van der Waals surface area contributed by atoms with Crippen LogP contribution in [0.3, 0.4) is 0 Å². The van der Waals surface area contributed by atoms with E-state index in [1.165, 1.54) is 36.8 Å². The summed E-state index contributed by atoms with van der Waals surface area (Å²) >= 11 is 0. The van der Waals surface area contributed by atoms with Gasteiger partial charge in [0.1, 0.15) is 0 Å². The first-order valence-electron chi connectivity index (χ1n) is 16.1. The van der Waals surface area contributed by atoms with Crippen LogP contribution in [0.5, 0.6) is 0 Å². The van der Waals surface area contributed by atoms with Gasteiger partial charge in [-0.25, -0.2) is 0 Å². The van der Waals surface area contributed by atoms with Crippen LogP contribution in [-0.4, -0.2) is 17.8 Å². The number of fused-ring (bicyclic) bond motifs is 1. The molecular weight excluding hydrogens is 474 g/mol. The lowest BCUT2D eigenvalue weighted by molar-refractivity contribution is -0.0949. The van der Waals surface area contributed by atoms with Crippen molar-refractivity contribution in [2.45, 2.75) is 110 Å². The number of hydrogen-bond acceptors (Lipinski definition) is 2. The first-order valence-corrected chi connectivity index (χ1v) is 16.1. The molecule has 2 nitrogen and oxygen atoms in total. The van der Waals surface area contributed by atoms with Crippen LogP contribution in [0.2, 0.25) is 0 Å². The SMILES string of the molecule is C=C(NCCCCC(C)CCC1(CCC)C(O)CCC2(C)C=CC=C[C@H]21)C(C1=CCCC=C1)C1=CC=CCC1. The van der Waals surface area contributed by atoms with E-state index in [0.29, 0.717) is 17.8 Å². The molecule has 214 valence electrons. The van der Waals surface area contributed by atoms with Crippen molar-refractivity contribution in [3.8, 4) is 0 Å². The quantitative estimate of drug-likeness (QED) is 0.220. The van der Waals surface area contributed by atoms with Gasteiger partial charge in [0.2, 0.25) is 0 Å². The fraction of sp³-hybridized carbons (Fsp3) is 0.622. The van der Waals surface area contributed by atoms with Crippen LogP contribution < -0.4 is 5.32 Å². The average Bonchev–Trinajstić information content (AvgIpc) is 2.95. The van der Waals surface area contributed by atoms with Gasteiger partial charge in [0.25, 0.3) is 0 Å². The first-order chi connectivity index (χ1) is 18.9. The molecule has 0 radical (unpaired) electrons. The van der Waals surface area contributed by atoms with E-state index in [0.717, 1.165) is 70.0 Å². The van der Waals surface area contributed by atoms with Crippen LogP contribution in [0.4, 0.5) is 0 Å². The van der Waals surface area contributed by atoms with Crippen LogP contribution in [0.1, 0.15) is 104 Å². The molecule has 6 atom stereocenters. The second kappa shape index (κ2) is 14.0. The second-order valence-corrected chi connectivity index (χ2v) is 13.2. The monoisotopic (exact) mass is 529 g/mol. The predicted octanol–water partition coefficient (Wildman–Crippen LogP) is 9.54. The summed E-state index contributed by atoms with van der Waals surface area (Å²) in [7, 11) is 0. The van der Waals surface area contributed by atoms with E-state index in [9.17, 15) is 5.11 Å². The maximum Gasteiger partial charge on any atom is 0.0602 e. The summed E-state index contributed by atoms with van der Waals surface area (Å²) in [6, 6.07) is 0. The summed E-state index contributed by atoms with van der Waals surface area (Å²) in [5.41, 5.74) is 4.29. The van der Waals surface area contributed by atoms with Crippen molar-refractivity contribution in [1.82, 2.24) is 5.32 Å². The van der Waals surface area contributed by atoms with Crippen molar-refractivity contribution in [3.63, 3.8) is 0 Å². The van der Waals surface area contributed by atoms with Gasteiger partial charge in [-0.1, -0.05) is 119 Å². The van der Waals surface area contributed by atoms with E-state index in [1.807, 2.05) is 0 Å². The molecular formula is C37H55NO. The van der Waals surface area contributed by atoms with Crippen molar-refractivity contribution in [1.29, 1.82) is 0 Å². The van der Waals surface area contributed by atoms with Crippen molar-refractivity contribution < 1.29 is 5.11 Å². The van der Waals surface area contributed by atoms with E-state index < -0.39 is 0 Å². The smallest absolute Gasteiger partial charge is 0.0602 e. The molecule has 0 bridgehead atoms. The van der Waals surface area contributed by atoms with Gasteiger partial charge >= 0.3 is 0 Å². The molecule has 2 N–H and O–H groups in total. The average molecular weight is 530 g/mol. The molecule has 0 heterocycles. The van der Waals surface area contributed by atoms with E-state index in [2.05, 4.69) is 93.4 Å². The zero-order chi connectivity index (χ0) is 27.7. The summed E-state index contributed by atoms with van der Waals surface area (Å²) < 4.78 is 0. The highest BCUT2D eigenvalue weighted by atomic mass is 16.3. The van der Waals surface area contributed by atoms with Gasteiger partial charge in [-0.2, -0.15) is 0 Å². The van der Waals surface area contributed by atoms with Gasteiger partial charge in [-0.05, 0) is 80.6 Å². The van der Waals surface area contributed by atoms with Crippen molar-refractivity contribution in [2.75, 3.05) is 6.54 Å². The highest BCUT2D eigenvalue weighted by molar-refractivity contribution is 5.40. The third kappa shape index (κ3) is 7.18. The van der Waals surface area contributed by atoms with Gasteiger partial charge in [0, 0.05) is 23.6 Å². The minimum atomic E-state index is -0.175. The Labute approximate surface area is 239 Å². The van der Waals surface area contributed by atoms with Crippen molar-refractivity contribution in [2.24, 2.45) is 28.6 Å². The van der Waals surface area contributed by atoms with E-state index in [-0.39, 0.29) is 16.9 Å². The van der Waals surface area contributed by atoms with Crippen LogP contribution in [0.15, 0.2) is 84.2 Å². The third-order valence-electron chi connectivity index (χ3n) is 10.3. The highest BCUT2D eigenvalue weighted by Gasteiger charge is 2.53. The Morgan fingerprint density at radius 3 is 2.72 bits per heavy atom. The van der Waals surface area contributed by atoms with E-state index in [4.69, 9.17) is 0 Å². The first kappa shape index (κ1) is 29.9. The Balaban J connectivity index is 1.25. The summed E-state index contributed by atoms with van der Waals surface area (Å²) in [4.78, 5) is 0. The lowest BCUT2D eigenvalue weighted by atomic mass is 9.50. The van der Waals surface area contributed by atoms with Crippen molar-refractivity contribution >= 4 is 0 Å². The fourth-order valence-electron chi connectivity index (χ4n) is 8.02. The largest absolute Gasteiger partial charge is 0.393 e. The molecule has 0 aliphatic heterocycles. The van der Waals surface area contributed by atoms with Gasteiger partial charge in [0.05, 0.1) is 6.10 Å². The number of nitrogens with one attached hydrogen (secondary N) is 1. The standard InChI is InChI=1S/C37H55NO/c1-5-24-37(33-21-12-14-25-36(33,4)26-23-34(37)39)27-22-29(2)16-13-15-28-38-30(3)35(31-17-8-6-9-18-31)32-19-10-7-11-20-32/h6,8,10,12,14,17,19-21,25,29,33-35,38-39H,3,5,7,9,11,13,15-16,18,22-24,26-28H2,1-2,4H3/t29?,33-,34?,35?,36?,37?/m1/s1. The van der Waals surface area contributed by atoms with Crippen LogP contribution in [0.25, 0.3) is 0 Å². The zero-order valence-electron chi connectivity index (χ0n) is 25.1. The van der Waals surface area contributed by atoms with Gasteiger partial charge in [-0.3, -0.25) is 0 Å². The Morgan fingerprint density at radius 1 is 1.10 bits per heavy atom. The molecule has 1 fully saturated rings. The molecule has 4 aliphatic rings. The highest BCUT2D eigenvalue weighted by Crippen LogP contribution is 2.58. The fourth-order valence-corrected chi connectivity index (χ4v) is 8.02. The second-order valence-electron chi connectivity index (χ2n) is 13.2.